The third-order valence-corrected chi connectivity index (χ3v) is 5.01. The fraction of sp³-hybridized carbons (Fsp3) is 0.632. The molecule has 2 rings (SSSR count). The van der Waals surface area contributed by atoms with Crippen LogP contribution in [0.5, 0.6) is 0 Å². The van der Waals surface area contributed by atoms with Gasteiger partial charge >= 0.3 is 0 Å². The van der Waals surface area contributed by atoms with E-state index in [-0.39, 0.29) is 23.7 Å². The molecule has 1 fully saturated rings. The van der Waals surface area contributed by atoms with E-state index in [0.717, 1.165) is 12.0 Å². The highest BCUT2D eigenvalue weighted by Crippen LogP contribution is 2.28. The number of nitrogens with one attached hydrogen (secondary N) is 1. The molecular weight excluding hydrogens is 291 g/mol. The van der Waals surface area contributed by atoms with Crippen molar-refractivity contribution in [2.45, 2.75) is 57.9 Å². The van der Waals surface area contributed by atoms with Crippen LogP contribution in [0.2, 0.25) is 0 Å². The van der Waals surface area contributed by atoms with Crippen molar-refractivity contribution in [1.82, 2.24) is 5.32 Å². The summed E-state index contributed by atoms with van der Waals surface area (Å²) >= 11 is 0. The van der Waals surface area contributed by atoms with Gasteiger partial charge in [-0.25, -0.2) is 4.39 Å². The lowest BCUT2D eigenvalue weighted by Gasteiger charge is -2.27. The zero-order valence-electron chi connectivity index (χ0n) is 14.1. The number of nitrogens with two attached hydrogens (primary N) is 1. The van der Waals surface area contributed by atoms with E-state index >= 15 is 0 Å². The van der Waals surface area contributed by atoms with Crippen LogP contribution in [0.25, 0.3) is 0 Å². The summed E-state index contributed by atoms with van der Waals surface area (Å²) in [6, 6.07) is 6.32. The van der Waals surface area contributed by atoms with Crippen molar-refractivity contribution in [3.8, 4) is 0 Å². The van der Waals surface area contributed by atoms with E-state index in [4.69, 9.17) is 5.73 Å². The lowest BCUT2D eigenvalue weighted by atomic mass is 9.82. The van der Waals surface area contributed by atoms with Crippen LogP contribution in [0.15, 0.2) is 24.3 Å². The zero-order valence-corrected chi connectivity index (χ0v) is 14.1. The first-order chi connectivity index (χ1) is 11.1. The van der Waals surface area contributed by atoms with Crippen LogP contribution in [-0.2, 0) is 11.2 Å². The average molecular weight is 320 g/mol. The molecular formula is C19H29FN2O. The molecule has 23 heavy (non-hydrogen) atoms. The molecule has 1 aliphatic carbocycles. The molecule has 1 aromatic carbocycles. The van der Waals surface area contributed by atoms with E-state index in [2.05, 4.69) is 5.32 Å². The van der Waals surface area contributed by atoms with E-state index in [1.807, 2.05) is 6.92 Å². The maximum atomic E-state index is 12.8. The quantitative estimate of drug-likeness (QED) is 0.809. The Morgan fingerprint density at radius 3 is 2.57 bits per heavy atom. The van der Waals surface area contributed by atoms with Crippen molar-refractivity contribution in [2.75, 3.05) is 6.54 Å². The topological polar surface area (TPSA) is 55.1 Å². The summed E-state index contributed by atoms with van der Waals surface area (Å²) in [7, 11) is 0. The summed E-state index contributed by atoms with van der Waals surface area (Å²) in [6.45, 7) is 2.48. The Morgan fingerprint density at radius 2 is 1.91 bits per heavy atom. The predicted octanol–water partition coefficient (Wildman–Crippen LogP) is 3.42. The third-order valence-electron chi connectivity index (χ3n) is 5.01. The monoisotopic (exact) mass is 320 g/mol. The molecule has 3 nitrogen and oxygen atoms in total. The van der Waals surface area contributed by atoms with Crippen molar-refractivity contribution in [2.24, 2.45) is 17.6 Å². The maximum Gasteiger partial charge on any atom is 0.224 e. The van der Waals surface area contributed by atoms with Crippen LogP contribution in [0.1, 0.15) is 51.0 Å². The van der Waals surface area contributed by atoms with Crippen LogP contribution in [0.3, 0.4) is 0 Å². The van der Waals surface area contributed by atoms with E-state index in [1.54, 1.807) is 12.1 Å². The minimum absolute atomic E-state index is 0.0235. The number of benzene rings is 1. The van der Waals surface area contributed by atoms with E-state index in [9.17, 15) is 9.18 Å². The van der Waals surface area contributed by atoms with Crippen molar-refractivity contribution >= 4 is 5.91 Å². The molecule has 1 amide bonds. The number of amides is 1. The molecule has 1 saturated carbocycles. The van der Waals surface area contributed by atoms with Crippen molar-refractivity contribution in [1.29, 1.82) is 0 Å². The van der Waals surface area contributed by atoms with Gasteiger partial charge in [0.1, 0.15) is 5.82 Å². The van der Waals surface area contributed by atoms with Crippen molar-refractivity contribution < 1.29 is 9.18 Å². The fourth-order valence-corrected chi connectivity index (χ4v) is 3.35. The molecule has 0 saturated heterocycles. The normalized spacial score (nSPS) is 18.4. The first-order valence-electron chi connectivity index (χ1n) is 8.84. The van der Waals surface area contributed by atoms with Gasteiger partial charge < -0.3 is 11.1 Å². The summed E-state index contributed by atoms with van der Waals surface area (Å²) in [5.41, 5.74) is 7.27. The van der Waals surface area contributed by atoms with Crippen LogP contribution < -0.4 is 11.1 Å². The number of halogens is 1. The summed E-state index contributed by atoms with van der Waals surface area (Å²) in [6.07, 6.45) is 8.11. The highest BCUT2D eigenvalue weighted by molar-refractivity contribution is 5.78. The average Bonchev–Trinajstić information content (AvgIpc) is 2.56. The Balaban J connectivity index is 1.69. The molecule has 0 radical (unpaired) electrons. The molecule has 128 valence electrons. The molecule has 3 N–H and O–H groups in total. The van der Waals surface area contributed by atoms with Gasteiger partial charge in [-0.05, 0) is 36.5 Å². The Kier molecular flexibility index (Phi) is 7.03. The van der Waals surface area contributed by atoms with Crippen molar-refractivity contribution in [3.05, 3.63) is 35.6 Å². The molecule has 4 heteroatoms. The fourth-order valence-electron chi connectivity index (χ4n) is 3.35. The number of hydrogen-bond donors (Lipinski definition) is 2. The minimum atomic E-state index is -0.236. The van der Waals surface area contributed by atoms with Crippen molar-refractivity contribution in [3.63, 3.8) is 0 Å². The molecule has 0 spiro atoms. The van der Waals surface area contributed by atoms with Gasteiger partial charge in [0.2, 0.25) is 5.91 Å². The van der Waals surface area contributed by atoms with Gasteiger partial charge in [-0.2, -0.15) is 0 Å². The molecule has 1 aliphatic rings. The molecule has 2 unspecified atom stereocenters. The second kappa shape index (κ2) is 9.02. The van der Waals surface area contributed by atoms with Gasteiger partial charge in [-0.15, -0.1) is 0 Å². The largest absolute Gasteiger partial charge is 0.355 e. The SMILES string of the molecule is CC(C(=O)NCCc1ccc(F)cc1)C(N)CC1CCCCC1. The summed E-state index contributed by atoms with van der Waals surface area (Å²) < 4.78 is 12.8. The van der Waals surface area contributed by atoms with Crippen LogP contribution in [0.4, 0.5) is 4.39 Å². The lowest BCUT2D eigenvalue weighted by molar-refractivity contribution is -0.125. The lowest BCUT2D eigenvalue weighted by Crippen LogP contribution is -2.42. The van der Waals surface area contributed by atoms with E-state index in [1.165, 1.54) is 44.2 Å². The molecule has 2 atom stereocenters. The molecule has 0 aliphatic heterocycles. The molecule has 0 aromatic heterocycles. The number of rotatable bonds is 7. The second-order valence-electron chi connectivity index (χ2n) is 6.86. The Labute approximate surface area is 138 Å². The highest BCUT2D eigenvalue weighted by Gasteiger charge is 2.24. The number of carbonyl (C=O) groups is 1. The first-order valence-corrected chi connectivity index (χ1v) is 8.84. The van der Waals surface area contributed by atoms with Gasteiger partial charge in [0.15, 0.2) is 0 Å². The van der Waals surface area contributed by atoms with Gasteiger partial charge in [-0.1, -0.05) is 51.2 Å². The van der Waals surface area contributed by atoms with Gasteiger partial charge in [0.25, 0.3) is 0 Å². The summed E-state index contributed by atoms with van der Waals surface area (Å²) in [4.78, 5) is 12.2. The summed E-state index contributed by atoms with van der Waals surface area (Å²) in [5, 5.41) is 2.95. The Hall–Kier alpha value is -1.42. The van der Waals surface area contributed by atoms with Crippen LogP contribution >= 0.6 is 0 Å². The molecule has 0 bridgehead atoms. The van der Waals surface area contributed by atoms with Crippen LogP contribution in [0, 0.1) is 17.7 Å². The van der Waals surface area contributed by atoms with Crippen LogP contribution in [-0.4, -0.2) is 18.5 Å². The Bertz CT molecular complexity index is 483. The maximum absolute atomic E-state index is 12.8. The zero-order chi connectivity index (χ0) is 16.7. The van der Waals surface area contributed by atoms with Gasteiger partial charge in [-0.3, -0.25) is 4.79 Å². The van der Waals surface area contributed by atoms with Gasteiger partial charge in [0, 0.05) is 12.6 Å². The van der Waals surface area contributed by atoms with Gasteiger partial charge in [0.05, 0.1) is 5.92 Å². The number of carbonyl (C=O) groups excluding carboxylic acids is 1. The molecule has 0 heterocycles. The Morgan fingerprint density at radius 1 is 1.26 bits per heavy atom. The van der Waals surface area contributed by atoms with E-state index < -0.39 is 0 Å². The minimum Gasteiger partial charge on any atom is -0.355 e. The first kappa shape index (κ1) is 17.9. The third kappa shape index (κ3) is 5.94. The predicted molar refractivity (Wildman–Crippen MR) is 91.4 cm³/mol. The summed E-state index contributed by atoms with van der Waals surface area (Å²) in [5.74, 6) is 0.314. The van der Waals surface area contributed by atoms with E-state index in [0.29, 0.717) is 18.9 Å². The molecule has 1 aromatic rings. The standard InChI is InChI=1S/C19H29FN2O/c1-14(18(21)13-16-5-3-2-4-6-16)19(23)22-12-11-15-7-9-17(20)10-8-15/h7-10,14,16,18H,2-6,11-13,21H2,1H3,(H,22,23). The second-order valence-corrected chi connectivity index (χ2v) is 6.86. The smallest absolute Gasteiger partial charge is 0.224 e. The highest BCUT2D eigenvalue weighted by atomic mass is 19.1. The number of hydrogen-bond acceptors (Lipinski definition) is 2.